The molecule has 0 aromatic carbocycles. The zero-order valence-electron chi connectivity index (χ0n) is 12.3. The molecule has 114 valence electrons. The number of aromatic nitrogens is 2. The van der Waals surface area contributed by atoms with E-state index in [-0.39, 0.29) is 28.6 Å². The zero-order valence-corrected chi connectivity index (χ0v) is 13.1. The number of nitrogens with one attached hydrogen (secondary N) is 2. The van der Waals surface area contributed by atoms with Crippen LogP contribution in [0.1, 0.15) is 55.8 Å². The van der Waals surface area contributed by atoms with Crippen LogP contribution in [0.2, 0.25) is 5.02 Å². The SMILES string of the molecule is CC(NC(=O)c1nc(C(C)C)ncc1Cl)C(=O)NC1CC1. The first-order valence-corrected chi connectivity index (χ1v) is 7.40. The highest BCUT2D eigenvalue weighted by atomic mass is 35.5. The smallest absolute Gasteiger partial charge is 0.272 e. The van der Waals surface area contributed by atoms with Gasteiger partial charge in [0.1, 0.15) is 17.6 Å². The number of carbonyl (C=O) groups is 2. The number of rotatable bonds is 5. The van der Waals surface area contributed by atoms with Crippen LogP contribution >= 0.6 is 11.6 Å². The number of hydrogen-bond donors (Lipinski definition) is 2. The van der Waals surface area contributed by atoms with Crippen LogP contribution in [0.25, 0.3) is 0 Å². The predicted molar refractivity (Wildman–Crippen MR) is 79.2 cm³/mol. The predicted octanol–water partition coefficient (Wildman–Crippen LogP) is 1.65. The molecule has 0 radical (unpaired) electrons. The van der Waals surface area contributed by atoms with E-state index in [1.807, 2.05) is 13.8 Å². The number of amides is 2. The molecule has 2 N–H and O–H groups in total. The molecule has 1 saturated carbocycles. The summed E-state index contributed by atoms with van der Waals surface area (Å²) in [6, 6.07) is -0.376. The molecule has 1 aromatic heterocycles. The minimum absolute atomic E-state index is 0.0874. The molecule has 2 rings (SSSR count). The van der Waals surface area contributed by atoms with Crippen LogP contribution < -0.4 is 10.6 Å². The average molecular weight is 311 g/mol. The van der Waals surface area contributed by atoms with E-state index in [1.165, 1.54) is 6.20 Å². The Kier molecular flexibility index (Phi) is 4.77. The van der Waals surface area contributed by atoms with Crippen molar-refractivity contribution in [1.29, 1.82) is 0 Å². The summed E-state index contributed by atoms with van der Waals surface area (Å²) >= 11 is 5.97. The Morgan fingerprint density at radius 2 is 2.00 bits per heavy atom. The molecule has 0 spiro atoms. The Morgan fingerprint density at radius 1 is 1.33 bits per heavy atom. The van der Waals surface area contributed by atoms with Crippen LogP contribution in [0.5, 0.6) is 0 Å². The molecule has 1 fully saturated rings. The second-order valence-electron chi connectivity index (χ2n) is 5.56. The molecule has 1 heterocycles. The second-order valence-corrected chi connectivity index (χ2v) is 5.96. The lowest BCUT2D eigenvalue weighted by atomic mass is 10.2. The Morgan fingerprint density at radius 3 is 2.57 bits per heavy atom. The largest absolute Gasteiger partial charge is 0.352 e. The van der Waals surface area contributed by atoms with Gasteiger partial charge in [0.05, 0.1) is 11.2 Å². The van der Waals surface area contributed by atoms with Crippen LogP contribution in [0.4, 0.5) is 0 Å². The molecule has 1 aliphatic carbocycles. The maximum atomic E-state index is 12.2. The lowest BCUT2D eigenvalue weighted by Gasteiger charge is -2.14. The van der Waals surface area contributed by atoms with Gasteiger partial charge in [-0.05, 0) is 19.8 Å². The van der Waals surface area contributed by atoms with Gasteiger partial charge in [0.25, 0.3) is 5.91 Å². The summed E-state index contributed by atoms with van der Waals surface area (Å²) in [6.45, 7) is 5.49. The minimum atomic E-state index is -0.633. The first-order chi connectivity index (χ1) is 9.88. The van der Waals surface area contributed by atoms with Crippen molar-refractivity contribution in [2.75, 3.05) is 0 Å². The van der Waals surface area contributed by atoms with E-state index in [2.05, 4.69) is 20.6 Å². The molecule has 7 heteroatoms. The first-order valence-electron chi connectivity index (χ1n) is 7.02. The Hall–Kier alpha value is -1.69. The Labute approximate surface area is 128 Å². The third kappa shape index (κ3) is 4.14. The molecule has 6 nitrogen and oxygen atoms in total. The summed E-state index contributed by atoms with van der Waals surface area (Å²) in [6.07, 6.45) is 3.41. The molecule has 1 aliphatic rings. The lowest BCUT2D eigenvalue weighted by molar-refractivity contribution is -0.122. The molecule has 0 bridgehead atoms. The van der Waals surface area contributed by atoms with Crippen molar-refractivity contribution in [1.82, 2.24) is 20.6 Å². The summed E-state index contributed by atoms with van der Waals surface area (Å²) in [5, 5.41) is 5.62. The highest BCUT2D eigenvalue weighted by Gasteiger charge is 2.27. The molecule has 0 saturated heterocycles. The summed E-state index contributed by atoms with van der Waals surface area (Å²) in [5.41, 5.74) is 0.0986. The fourth-order valence-corrected chi connectivity index (χ4v) is 1.88. The fraction of sp³-hybridized carbons (Fsp3) is 0.571. The van der Waals surface area contributed by atoms with Gasteiger partial charge in [-0.1, -0.05) is 25.4 Å². The van der Waals surface area contributed by atoms with Crippen LogP contribution in [-0.2, 0) is 4.79 Å². The van der Waals surface area contributed by atoms with Crippen molar-refractivity contribution in [3.63, 3.8) is 0 Å². The van der Waals surface area contributed by atoms with E-state index in [1.54, 1.807) is 6.92 Å². The highest BCUT2D eigenvalue weighted by molar-refractivity contribution is 6.33. The van der Waals surface area contributed by atoms with Gasteiger partial charge in [-0.2, -0.15) is 0 Å². The van der Waals surface area contributed by atoms with E-state index in [0.717, 1.165) is 12.8 Å². The molecule has 1 unspecified atom stereocenters. The van der Waals surface area contributed by atoms with Gasteiger partial charge < -0.3 is 10.6 Å². The molecular formula is C14H19ClN4O2. The van der Waals surface area contributed by atoms with Crippen molar-refractivity contribution < 1.29 is 9.59 Å². The standard InChI is InChI=1S/C14H19ClN4O2/c1-7(2)12-16-6-10(15)11(19-12)14(21)17-8(3)13(20)18-9-4-5-9/h6-9H,4-5H2,1-3H3,(H,17,21)(H,18,20). The topological polar surface area (TPSA) is 84.0 Å². The van der Waals surface area contributed by atoms with Gasteiger partial charge in [-0.25, -0.2) is 9.97 Å². The number of halogens is 1. The van der Waals surface area contributed by atoms with Gasteiger partial charge in [0.2, 0.25) is 5.91 Å². The lowest BCUT2D eigenvalue weighted by Crippen LogP contribution is -2.45. The van der Waals surface area contributed by atoms with Crippen LogP contribution in [-0.4, -0.2) is 33.9 Å². The maximum absolute atomic E-state index is 12.2. The van der Waals surface area contributed by atoms with E-state index < -0.39 is 11.9 Å². The molecule has 0 aliphatic heterocycles. The van der Waals surface area contributed by atoms with Crippen molar-refractivity contribution >= 4 is 23.4 Å². The first kappa shape index (κ1) is 15.7. The van der Waals surface area contributed by atoms with Crippen LogP contribution in [0, 0.1) is 0 Å². The fourth-order valence-electron chi connectivity index (χ4n) is 1.70. The Balaban J connectivity index is 2.04. The number of carbonyl (C=O) groups excluding carboxylic acids is 2. The normalized spacial score (nSPS) is 15.7. The number of hydrogen-bond acceptors (Lipinski definition) is 4. The third-order valence-electron chi connectivity index (χ3n) is 3.16. The Bertz CT molecular complexity index is 558. The molecule has 21 heavy (non-hydrogen) atoms. The van der Waals surface area contributed by atoms with E-state index >= 15 is 0 Å². The van der Waals surface area contributed by atoms with Crippen molar-refractivity contribution in [2.45, 2.75) is 51.6 Å². The average Bonchev–Trinajstić information content (AvgIpc) is 3.22. The maximum Gasteiger partial charge on any atom is 0.272 e. The third-order valence-corrected chi connectivity index (χ3v) is 3.44. The van der Waals surface area contributed by atoms with Gasteiger partial charge in [-0.3, -0.25) is 9.59 Å². The molecular weight excluding hydrogens is 292 g/mol. The van der Waals surface area contributed by atoms with Crippen LogP contribution in [0.15, 0.2) is 6.20 Å². The minimum Gasteiger partial charge on any atom is -0.352 e. The van der Waals surface area contributed by atoms with Gasteiger partial charge in [0, 0.05) is 12.0 Å². The second kappa shape index (κ2) is 6.39. The van der Waals surface area contributed by atoms with E-state index in [0.29, 0.717) is 5.82 Å². The molecule has 1 aromatic rings. The van der Waals surface area contributed by atoms with E-state index in [4.69, 9.17) is 11.6 Å². The quantitative estimate of drug-likeness (QED) is 0.866. The van der Waals surface area contributed by atoms with Gasteiger partial charge in [-0.15, -0.1) is 0 Å². The van der Waals surface area contributed by atoms with Crippen LogP contribution in [0.3, 0.4) is 0 Å². The van der Waals surface area contributed by atoms with Crippen molar-refractivity contribution in [2.24, 2.45) is 0 Å². The summed E-state index contributed by atoms with van der Waals surface area (Å²) in [5.74, 6) is -0.0353. The van der Waals surface area contributed by atoms with E-state index in [9.17, 15) is 9.59 Å². The summed E-state index contributed by atoms with van der Waals surface area (Å²) in [4.78, 5) is 32.3. The highest BCUT2D eigenvalue weighted by Crippen LogP contribution is 2.19. The number of nitrogens with zero attached hydrogens (tertiary/aromatic N) is 2. The molecule has 1 atom stereocenters. The van der Waals surface area contributed by atoms with Crippen molar-refractivity contribution in [3.8, 4) is 0 Å². The van der Waals surface area contributed by atoms with Gasteiger partial charge in [0.15, 0.2) is 0 Å². The monoisotopic (exact) mass is 310 g/mol. The van der Waals surface area contributed by atoms with Gasteiger partial charge >= 0.3 is 0 Å². The molecule has 2 amide bonds. The summed E-state index contributed by atoms with van der Waals surface area (Å²) in [7, 11) is 0. The van der Waals surface area contributed by atoms with Crippen molar-refractivity contribution in [3.05, 3.63) is 22.7 Å². The zero-order chi connectivity index (χ0) is 15.6. The summed E-state index contributed by atoms with van der Waals surface area (Å²) < 4.78 is 0.